The van der Waals surface area contributed by atoms with Gasteiger partial charge in [-0.2, -0.15) is 0 Å². The molecule has 1 aliphatic carbocycles. The van der Waals surface area contributed by atoms with Crippen LogP contribution >= 0.6 is 0 Å². The van der Waals surface area contributed by atoms with E-state index in [-0.39, 0.29) is 17.3 Å². The van der Waals surface area contributed by atoms with Crippen molar-refractivity contribution in [2.24, 2.45) is 0 Å². The van der Waals surface area contributed by atoms with Crippen LogP contribution < -0.4 is 10.5 Å². The number of hydrogen-bond donors (Lipinski definition) is 2. The van der Waals surface area contributed by atoms with Crippen LogP contribution in [0.3, 0.4) is 0 Å². The zero-order chi connectivity index (χ0) is 18.6. The maximum Gasteiger partial charge on any atom is 0.339 e. The van der Waals surface area contributed by atoms with Crippen LogP contribution in [0.5, 0.6) is 5.75 Å². The Hall–Kier alpha value is -2.83. The molecule has 0 saturated carbocycles. The van der Waals surface area contributed by atoms with E-state index >= 15 is 0 Å². The van der Waals surface area contributed by atoms with Crippen LogP contribution in [0.4, 0.5) is 5.95 Å². The number of aromatic amines is 1. The van der Waals surface area contributed by atoms with E-state index in [1.165, 1.54) is 6.07 Å². The van der Waals surface area contributed by atoms with Gasteiger partial charge >= 0.3 is 5.97 Å². The molecule has 1 spiro atoms. The van der Waals surface area contributed by atoms with Crippen molar-refractivity contribution in [2.45, 2.75) is 44.1 Å². The smallest absolute Gasteiger partial charge is 0.339 e. The van der Waals surface area contributed by atoms with Gasteiger partial charge in [0.05, 0.1) is 11.3 Å². The molecular formula is C20H21N3O4. The number of carbonyl (C=O) groups is 1. The normalized spacial score (nSPS) is 20.3. The predicted octanol–water partition coefficient (Wildman–Crippen LogP) is 2.02. The van der Waals surface area contributed by atoms with Gasteiger partial charge in [0.1, 0.15) is 11.4 Å². The number of fused-ring (bicyclic) bond motifs is 3. The highest BCUT2D eigenvalue weighted by Crippen LogP contribution is 2.45. The molecule has 27 heavy (non-hydrogen) atoms. The Bertz CT molecular complexity index is 989. The van der Waals surface area contributed by atoms with Crippen molar-refractivity contribution in [3.8, 4) is 5.75 Å². The molecule has 7 nitrogen and oxygen atoms in total. The number of nitrogens with zero attached hydrogens (tertiary/aromatic N) is 2. The third-order valence-corrected chi connectivity index (χ3v) is 6.05. The highest BCUT2D eigenvalue weighted by Gasteiger charge is 2.47. The molecule has 2 N–H and O–H groups in total. The van der Waals surface area contributed by atoms with Crippen LogP contribution in [0.25, 0.3) is 0 Å². The minimum absolute atomic E-state index is 0.0249. The summed E-state index contributed by atoms with van der Waals surface area (Å²) in [6.45, 7) is 1.27. The molecule has 0 radical (unpaired) electrons. The zero-order valence-electron chi connectivity index (χ0n) is 15.0. The summed E-state index contributed by atoms with van der Waals surface area (Å²) in [5.74, 6) is 0.302. The molecule has 0 bridgehead atoms. The number of nitrogens with one attached hydrogen (secondary N) is 1. The number of anilines is 1. The van der Waals surface area contributed by atoms with Crippen molar-refractivity contribution >= 4 is 11.9 Å². The minimum atomic E-state index is -0.648. The van der Waals surface area contributed by atoms with Crippen LogP contribution in [0, 0.1) is 0 Å². The molecule has 140 valence electrons. The van der Waals surface area contributed by atoms with Crippen LogP contribution in [0.2, 0.25) is 0 Å². The maximum atomic E-state index is 12.4. The summed E-state index contributed by atoms with van der Waals surface area (Å²) < 4.78 is 5.74. The SMILES string of the molecule is O=C1OC2(CCN(c3nc4c(c(=O)[nH]3)CCCC4)CC2)c2ccc(O)cc21. The number of aromatic nitrogens is 2. The van der Waals surface area contributed by atoms with Gasteiger partial charge in [0, 0.05) is 37.1 Å². The molecule has 0 unspecified atom stereocenters. The Morgan fingerprint density at radius 1 is 1.15 bits per heavy atom. The first-order chi connectivity index (χ1) is 13.1. The van der Waals surface area contributed by atoms with Crippen molar-refractivity contribution in [1.82, 2.24) is 9.97 Å². The van der Waals surface area contributed by atoms with E-state index in [4.69, 9.17) is 9.72 Å². The van der Waals surface area contributed by atoms with Gasteiger partial charge in [0.25, 0.3) is 5.56 Å². The summed E-state index contributed by atoms with van der Waals surface area (Å²) in [7, 11) is 0. The molecule has 0 amide bonds. The van der Waals surface area contributed by atoms with Crippen molar-refractivity contribution in [2.75, 3.05) is 18.0 Å². The van der Waals surface area contributed by atoms with E-state index in [9.17, 15) is 14.7 Å². The van der Waals surface area contributed by atoms with Crippen molar-refractivity contribution in [1.29, 1.82) is 0 Å². The van der Waals surface area contributed by atoms with Gasteiger partial charge in [0.15, 0.2) is 0 Å². The van der Waals surface area contributed by atoms with Crippen molar-refractivity contribution < 1.29 is 14.6 Å². The molecule has 3 aliphatic rings. The van der Waals surface area contributed by atoms with Crippen LogP contribution in [-0.4, -0.2) is 34.1 Å². The molecule has 2 aliphatic heterocycles. The van der Waals surface area contributed by atoms with Gasteiger partial charge in [-0.3, -0.25) is 9.78 Å². The lowest BCUT2D eigenvalue weighted by molar-refractivity contribution is -0.0211. The van der Waals surface area contributed by atoms with E-state index in [0.29, 0.717) is 37.4 Å². The fourth-order valence-corrected chi connectivity index (χ4v) is 4.58. The van der Waals surface area contributed by atoms with E-state index in [0.717, 1.165) is 42.5 Å². The molecule has 2 aromatic rings. The van der Waals surface area contributed by atoms with Gasteiger partial charge in [-0.15, -0.1) is 0 Å². The number of carbonyl (C=O) groups excluding carboxylic acids is 1. The maximum absolute atomic E-state index is 12.4. The van der Waals surface area contributed by atoms with E-state index in [1.807, 2.05) is 0 Å². The monoisotopic (exact) mass is 367 g/mol. The quantitative estimate of drug-likeness (QED) is 0.749. The number of ether oxygens (including phenoxy) is 1. The molecule has 1 aromatic heterocycles. The number of aryl methyl sites for hydroxylation is 1. The summed E-state index contributed by atoms with van der Waals surface area (Å²) in [5, 5.41) is 9.66. The number of benzene rings is 1. The molecule has 1 saturated heterocycles. The van der Waals surface area contributed by atoms with Crippen LogP contribution in [0.15, 0.2) is 23.0 Å². The standard InChI is InChI=1S/C20H21N3O4/c24-12-5-6-15-14(11-12)18(26)27-20(15)7-9-23(10-8-20)19-21-16-4-2-1-3-13(16)17(25)22-19/h5-6,11,24H,1-4,7-10H2,(H,21,22,25). The third-order valence-electron chi connectivity index (χ3n) is 6.05. The Balaban J connectivity index is 1.41. The van der Waals surface area contributed by atoms with Gasteiger partial charge in [-0.1, -0.05) is 6.07 Å². The van der Waals surface area contributed by atoms with Crippen molar-refractivity contribution in [3.63, 3.8) is 0 Å². The first-order valence-corrected chi connectivity index (χ1v) is 9.50. The fraction of sp³-hybridized carbons (Fsp3) is 0.450. The van der Waals surface area contributed by atoms with E-state index in [2.05, 4.69) is 9.88 Å². The summed E-state index contributed by atoms with van der Waals surface area (Å²) in [4.78, 5) is 34.4. The molecule has 0 atom stereocenters. The average molecular weight is 367 g/mol. The van der Waals surface area contributed by atoms with Gasteiger partial charge < -0.3 is 14.7 Å². The summed E-state index contributed by atoms with van der Waals surface area (Å²) in [5.41, 5.74) is 2.37. The van der Waals surface area contributed by atoms with Gasteiger partial charge in [-0.05, 0) is 37.8 Å². The first-order valence-electron chi connectivity index (χ1n) is 9.50. The lowest BCUT2D eigenvalue weighted by Crippen LogP contribution is -2.44. The second kappa shape index (κ2) is 5.84. The second-order valence-electron chi connectivity index (χ2n) is 7.62. The van der Waals surface area contributed by atoms with Gasteiger partial charge in [0.2, 0.25) is 5.95 Å². The number of H-pyrrole nitrogens is 1. The zero-order valence-corrected chi connectivity index (χ0v) is 15.0. The third kappa shape index (κ3) is 2.52. The molecule has 5 rings (SSSR count). The molecule has 3 heterocycles. The number of rotatable bonds is 1. The minimum Gasteiger partial charge on any atom is -0.508 e. The fourth-order valence-electron chi connectivity index (χ4n) is 4.58. The average Bonchev–Trinajstić information content (AvgIpc) is 2.93. The number of phenols is 1. The summed E-state index contributed by atoms with van der Waals surface area (Å²) in [6.07, 6.45) is 5.03. The number of hydrogen-bond acceptors (Lipinski definition) is 6. The Labute approximate surface area is 156 Å². The van der Waals surface area contributed by atoms with Crippen LogP contribution in [0.1, 0.15) is 52.9 Å². The highest BCUT2D eigenvalue weighted by atomic mass is 16.6. The summed E-state index contributed by atoms with van der Waals surface area (Å²) in [6, 6.07) is 4.85. The number of phenolic OH excluding ortho intramolecular Hbond substituents is 1. The van der Waals surface area contributed by atoms with E-state index in [1.54, 1.807) is 12.1 Å². The topological polar surface area (TPSA) is 95.5 Å². The molecule has 7 heteroatoms. The number of aromatic hydroxyl groups is 1. The van der Waals surface area contributed by atoms with E-state index < -0.39 is 5.60 Å². The first kappa shape index (κ1) is 16.4. The lowest BCUT2D eigenvalue weighted by atomic mass is 9.84. The van der Waals surface area contributed by atoms with Crippen LogP contribution in [-0.2, 0) is 23.2 Å². The Morgan fingerprint density at radius 2 is 1.93 bits per heavy atom. The largest absolute Gasteiger partial charge is 0.508 e. The van der Waals surface area contributed by atoms with Crippen molar-refractivity contribution in [3.05, 3.63) is 50.9 Å². The number of esters is 1. The highest BCUT2D eigenvalue weighted by molar-refractivity contribution is 5.95. The number of piperidine rings is 1. The Kier molecular flexibility index (Phi) is 3.54. The molecule has 1 aromatic carbocycles. The predicted molar refractivity (Wildman–Crippen MR) is 98.1 cm³/mol. The molecular weight excluding hydrogens is 346 g/mol. The summed E-state index contributed by atoms with van der Waals surface area (Å²) >= 11 is 0. The lowest BCUT2D eigenvalue weighted by Gasteiger charge is -2.39. The Morgan fingerprint density at radius 3 is 2.74 bits per heavy atom. The second-order valence-corrected chi connectivity index (χ2v) is 7.62. The van der Waals surface area contributed by atoms with Gasteiger partial charge in [-0.25, -0.2) is 9.78 Å². The molecule has 1 fully saturated rings.